The van der Waals surface area contributed by atoms with E-state index in [0.29, 0.717) is 17.9 Å². The average Bonchev–Trinajstić information content (AvgIpc) is 2.28. The third kappa shape index (κ3) is 2.97. The van der Waals surface area contributed by atoms with E-state index in [1.54, 1.807) is 0 Å². The van der Waals surface area contributed by atoms with Gasteiger partial charge in [-0.15, -0.1) is 0 Å². The topological polar surface area (TPSA) is 49.8 Å². The van der Waals surface area contributed by atoms with Crippen molar-refractivity contribution in [1.82, 2.24) is 4.90 Å². The molecule has 4 nitrogen and oxygen atoms in total. The molecule has 0 radical (unpaired) electrons. The number of carbonyl (C=O) groups is 1. The molecule has 0 spiro atoms. The van der Waals surface area contributed by atoms with Crippen molar-refractivity contribution in [3.8, 4) is 0 Å². The van der Waals surface area contributed by atoms with Crippen LogP contribution in [0, 0.1) is 11.8 Å². The van der Waals surface area contributed by atoms with E-state index in [0.717, 1.165) is 25.8 Å². The molecule has 0 aromatic rings. The minimum Gasteiger partial charge on any atom is -0.444 e. The molecule has 2 bridgehead atoms. The van der Waals surface area contributed by atoms with Crippen LogP contribution in [-0.4, -0.2) is 40.9 Å². The van der Waals surface area contributed by atoms with Gasteiger partial charge in [0.2, 0.25) is 0 Å². The second-order valence-electron chi connectivity index (χ2n) is 6.63. The molecular formula is C14H25NO3. The van der Waals surface area contributed by atoms with Gasteiger partial charge in [-0.25, -0.2) is 4.79 Å². The number of rotatable bonds is 2. The number of hydrogen-bond donors (Lipinski definition) is 1. The summed E-state index contributed by atoms with van der Waals surface area (Å²) in [6.45, 7) is 6.79. The normalized spacial score (nSPS) is 31.6. The molecule has 2 saturated heterocycles. The Hall–Kier alpha value is -0.770. The number of ether oxygens (including phenoxy) is 1. The van der Waals surface area contributed by atoms with E-state index >= 15 is 0 Å². The minimum atomic E-state index is -0.418. The molecule has 3 atom stereocenters. The first-order chi connectivity index (χ1) is 8.40. The third-order valence-electron chi connectivity index (χ3n) is 4.11. The highest BCUT2D eigenvalue weighted by atomic mass is 16.6. The predicted octanol–water partition coefficient (Wildman–Crippen LogP) is 2.40. The van der Waals surface area contributed by atoms with Crippen molar-refractivity contribution in [2.45, 2.75) is 58.1 Å². The first-order valence-corrected chi connectivity index (χ1v) is 7.01. The van der Waals surface area contributed by atoms with Crippen LogP contribution < -0.4 is 0 Å². The molecule has 0 aromatic carbocycles. The van der Waals surface area contributed by atoms with Crippen LogP contribution in [0.25, 0.3) is 0 Å². The number of fused-ring (bicyclic) bond motifs is 3. The van der Waals surface area contributed by atoms with Crippen molar-refractivity contribution in [3.63, 3.8) is 0 Å². The van der Waals surface area contributed by atoms with Gasteiger partial charge in [0.05, 0.1) is 0 Å². The summed E-state index contributed by atoms with van der Waals surface area (Å²) in [6, 6.07) is 0.321. The lowest BCUT2D eigenvalue weighted by atomic mass is 9.71. The Balaban J connectivity index is 1.96. The zero-order valence-corrected chi connectivity index (χ0v) is 11.7. The predicted molar refractivity (Wildman–Crippen MR) is 69.3 cm³/mol. The lowest BCUT2D eigenvalue weighted by Crippen LogP contribution is -2.55. The molecule has 3 rings (SSSR count). The summed E-state index contributed by atoms with van der Waals surface area (Å²) in [5, 5.41) is 9.07. The molecule has 4 heteroatoms. The van der Waals surface area contributed by atoms with E-state index in [2.05, 4.69) is 0 Å². The van der Waals surface area contributed by atoms with Crippen LogP contribution in [0.5, 0.6) is 0 Å². The van der Waals surface area contributed by atoms with E-state index in [1.807, 2.05) is 25.7 Å². The number of aliphatic hydroxyl groups excluding tert-OH is 1. The highest BCUT2D eigenvalue weighted by molar-refractivity contribution is 5.69. The summed E-state index contributed by atoms with van der Waals surface area (Å²) >= 11 is 0. The Labute approximate surface area is 109 Å². The molecule has 0 aromatic heterocycles. The second kappa shape index (κ2) is 5.08. The Morgan fingerprint density at radius 1 is 1.39 bits per heavy atom. The fourth-order valence-corrected chi connectivity index (χ4v) is 3.29. The van der Waals surface area contributed by atoms with Crippen LogP contribution in [0.15, 0.2) is 0 Å². The smallest absolute Gasteiger partial charge is 0.410 e. The van der Waals surface area contributed by atoms with Gasteiger partial charge < -0.3 is 14.7 Å². The molecule has 2 heterocycles. The number of carbonyl (C=O) groups excluding carboxylic acids is 1. The van der Waals surface area contributed by atoms with Gasteiger partial charge in [-0.3, -0.25) is 0 Å². The third-order valence-corrected chi connectivity index (χ3v) is 4.11. The molecule has 3 aliphatic rings. The minimum absolute atomic E-state index is 0.167. The maximum absolute atomic E-state index is 12.1. The van der Waals surface area contributed by atoms with Crippen molar-refractivity contribution in [3.05, 3.63) is 0 Å². The van der Waals surface area contributed by atoms with E-state index < -0.39 is 5.60 Å². The van der Waals surface area contributed by atoms with Crippen molar-refractivity contribution in [2.24, 2.45) is 11.8 Å². The summed E-state index contributed by atoms with van der Waals surface area (Å²) in [5.41, 5.74) is -0.418. The van der Waals surface area contributed by atoms with Crippen LogP contribution in [-0.2, 0) is 4.74 Å². The van der Waals surface area contributed by atoms with Crippen LogP contribution in [0.3, 0.4) is 0 Å². The van der Waals surface area contributed by atoms with E-state index in [1.165, 1.54) is 6.42 Å². The lowest BCUT2D eigenvalue weighted by Gasteiger charge is -2.49. The average molecular weight is 255 g/mol. The summed E-state index contributed by atoms with van der Waals surface area (Å²) < 4.78 is 5.46. The summed E-state index contributed by atoms with van der Waals surface area (Å²) in [4.78, 5) is 14.0. The number of amides is 1. The zero-order valence-electron chi connectivity index (χ0n) is 11.7. The Kier molecular flexibility index (Phi) is 3.85. The van der Waals surface area contributed by atoms with E-state index in [9.17, 15) is 4.79 Å². The molecule has 3 unspecified atom stereocenters. The summed E-state index contributed by atoms with van der Waals surface area (Å²) in [7, 11) is 0. The number of piperidine rings is 2. The van der Waals surface area contributed by atoms with Gasteiger partial charge in [0.15, 0.2) is 0 Å². The molecular weight excluding hydrogens is 230 g/mol. The monoisotopic (exact) mass is 255 g/mol. The Morgan fingerprint density at radius 3 is 2.61 bits per heavy atom. The van der Waals surface area contributed by atoms with Gasteiger partial charge in [0.25, 0.3) is 0 Å². The highest BCUT2D eigenvalue weighted by Crippen LogP contribution is 2.41. The van der Waals surface area contributed by atoms with Crippen LogP contribution in [0.4, 0.5) is 4.79 Å². The maximum Gasteiger partial charge on any atom is 0.410 e. The van der Waals surface area contributed by atoms with E-state index in [4.69, 9.17) is 9.84 Å². The first kappa shape index (κ1) is 13.7. The second-order valence-corrected chi connectivity index (χ2v) is 6.63. The summed E-state index contributed by atoms with van der Waals surface area (Å²) in [5.74, 6) is 1.14. The molecule has 104 valence electrons. The summed E-state index contributed by atoms with van der Waals surface area (Å²) in [6.07, 6.45) is 4.02. The fraction of sp³-hybridized carbons (Fsp3) is 0.929. The van der Waals surface area contributed by atoms with Crippen LogP contribution in [0.1, 0.15) is 46.5 Å². The molecule has 1 saturated carbocycles. The highest BCUT2D eigenvalue weighted by Gasteiger charge is 2.43. The molecule has 18 heavy (non-hydrogen) atoms. The molecule has 1 amide bonds. The molecule has 3 fully saturated rings. The zero-order chi connectivity index (χ0) is 13.3. The van der Waals surface area contributed by atoms with Crippen molar-refractivity contribution >= 4 is 6.09 Å². The SMILES string of the molecule is CC(C)(C)OC(=O)N1CC2CCC1CC2CCO. The standard InChI is InChI=1S/C14H25NO3/c1-14(2,3)18-13(17)15-9-11-4-5-12(15)8-10(11)6-7-16/h10-12,16H,4-9H2,1-3H3. The van der Waals surface area contributed by atoms with Gasteiger partial charge >= 0.3 is 6.09 Å². The van der Waals surface area contributed by atoms with Crippen molar-refractivity contribution in [1.29, 1.82) is 0 Å². The number of hydrogen-bond acceptors (Lipinski definition) is 3. The van der Waals surface area contributed by atoms with Gasteiger partial charge in [-0.05, 0) is 58.3 Å². The van der Waals surface area contributed by atoms with Crippen LogP contribution >= 0.6 is 0 Å². The Bertz CT molecular complexity index is 311. The number of nitrogens with zero attached hydrogens (tertiary/aromatic N) is 1. The quantitative estimate of drug-likeness (QED) is 0.824. The molecule has 2 aliphatic heterocycles. The van der Waals surface area contributed by atoms with Crippen molar-refractivity contribution in [2.75, 3.05) is 13.2 Å². The van der Waals surface area contributed by atoms with Gasteiger partial charge in [-0.2, -0.15) is 0 Å². The number of aliphatic hydroxyl groups is 1. The molecule has 1 N–H and O–H groups in total. The fourth-order valence-electron chi connectivity index (χ4n) is 3.29. The van der Waals surface area contributed by atoms with Gasteiger partial charge in [0, 0.05) is 19.2 Å². The largest absolute Gasteiger partial charge is 0.444 e. The lowest BCUT2D eigenvalue weighted by molar-refractivity contribution is -0.0322. The first-order valence-electron chi connectivity index (χ1n) is 7.01. The van der Waals surface area contributed by atoms with E-state index in [-0.39, 0.29) is 12.7 Å². The van der Waals surface area contributed by atoms with Crippen LogP contribution in [0.2, 0.25) is 0 Å². The van der Waals surface area contributed by atoms with Gasteiger partial charge in [0.1, 0.15) is 5.60 Å². The molecule has 1 aliphatic carbocycles. The maximum atomic E-state index is 12.1. The Morgan fingerprint density at radius 2 is 2.11 bits per heavy atom. The van der Waals surface area contributed by atoms with Crippen molar-refractivity contribution < 1.29 is 14.6 Å². The van der Waals surface area contributed by atoms with Gasteiger partial charge in [-0.1, -0.05) is 0 Å².